The van der Waals surface area contributed by atoms with Crippen molar-refractivity contribution in [3.63, 3.8) is 0 Å². The van der Waals surface area contributed by atoms with Gasteiger partial charge in [-0.1, -0.05) is 193 Å². The number of nitrogens with one attached hydrogen (secondary N) is 2. The number of ether oxygens (including phenoxy) is 3. The summed E-state index contributed by atoms with van der Waals surface area (Å²) in [5.74, 6) is -6.81. The number of carbonyl (C=O) groups is 3. The fourth-order valence-electron chi connectivity index (χ4n) is 10.2. The zero-order valence-electron chi connectivity index (χ0n) is 47.7. The van der Waals surface area contributed by atoms with Gasteiger partial charge in [-0.05, 0) is 19.3 Å². The van der Waals surface area contributed by atoms with Crippen LogP contribution in [0.1, 0.15) is 213 Å². The van der Waals surface area contributed by atoms with Crippen molar-refractivity contribution in [2.45, 2.75) is 298 Å². The van der Waals surface area contributed by atoms with E-state index in [2.05, 4.69) is 24.5 Å². The third-order valence-corrected chi connectivity index (χ3v) is 16.0. The molecule has 13 N–H and O–H groups in total. The van der Waals surface area contributed by atoms with Gasteiger partial charge in [-0.3, -0.25) is 18.6 Å². The lowest BCUT2D eigenvalue weighted by Gasteiger charge is -2.50. The van der Waals surface area contributed by atoms with Crippen molar-refractivity contribution in [2.75, 3.05) is 26.9 Å². The smallest absolute Gasteiger partial charge is 0.472 e. The van der Waals surface area contributed by atoms with Crippen LogP contribution >= 0.6 is 7.82 Å². The summed E-state index contributed by atoms with van der Waals surface area (Å²) < 4.78 is 40.0. The number of methoxy groups -OCH3 is 1. The Kier molecular flexibility index (Phi) is 38.5. The van der Waals surface area contributed by atoms with Crippen molar-refractivity contribution in [3.05, 3.63) is 12.2 Å². The minimum absolute atomic E-state index is 0.101. The van der Waals surface area contributed by atoms with Crippen LogP contribution < -0.4 is 10.6 Å². The van der Waals surface area contributed by atoms with Crippen molar-refractivity contribution in [3.8, 4) is 0 Å². The average molecular weight is 1160 g/mol. The molecule has 0 spiro atoms. The lowest BCUT2D eigenvalue weighted by atomic mass is 9.84. The largest absolute Gasteiger partial charge is 0.477 e. The number of aliphatic hydroxyl groups excluding tert-OH is 9. The molecule has 15 atom stereocenters. The molecule has 0 aromatic rings. The molecule has 2 rings (SSSR count). The number of hydrogen-bond acceptors (Lipinski definition) is 18. The fraction of sp³-hybridized carbons (Fsp3) is 0.911. The second kappa shape index (κ2) is 41.7. The number of allylic oxidation sites excluding steroid dienone is 1. The first-order valence-electron chi connectivity index (χ1n) is 29.8. The van der Waals surface area contributed by atoms with Gasteiger partial charge in [-0.15, -0.1) is 0 Å². The van der Waals surface area contributed by atoms with Crippen LogP contribution in [0.15, 0.2) is 12.2 Å². The molecule has 2 fully saturated rings. The van der Waals surface area contributed by atoms with Crippen LogP contribution in [0.4, 0.5) is 0 Å². The predicted octanol–water partition coefficient (Wildman–Crippen LogP) is 5.25. The molecular formula is C56H105N2O20P. The van der Waals surface area contributed by atoms with Gasteiger partial charge in [0, 0.05) is 20.0 Å². The summed E-state index contributed by atoms with van der Waals surface area (Å²) in [4.78, 5) is 49.4. The van der Waals surface area contributed by atoms with Crippen LogP contribution in [0, 0.1) is 0 Å². The summed E-state index contributed by atoms with van der Waals surface area (Å²) >= 11 is 0. The van der Waals surface area contributed by atoms with Gasteiger partial charge in [0.1, 0.15) is 61.5 Å². The number of carboxylic acid groups (broad SMARTS) is 1. The Morgan fingerprint density at radius 1 is 0.658 bits per heavy atom. The standard InChI is InChI=1S/C56H105N2O20P/c1-4-6-8-10-12-14-16-17-18-19-20-21-22-23-25-27-29-31-33-35-44(63)57-40(41(60)34-32-30-28-26-24-15-13-11-9-7-5-2)38-75-79(72,73)78-54-50(68)48(66)49(67)53(51(54)69)77-56(55(70)71)36-42(61)46(58-45(64)37-59)52(76-56)47(65)43(62)39-74-3/h32,34,40-43,46-54,59-62,65-69H,4-31,33,35-39H2,1-3H3,(H,57,63)(H,58,64)(H,70,71)(H,72,73)/b34-32+/t40-,41+,42+,43+,46+,47+,48-,49?,50?,51+,52?,53?,54-,56-/m0/s1. The maximum Gasteiger partial charge on any atom is 0.472 e. The molecular weight excluding hydrogens is 1050 g/mol. The molecule has 22 nitrogen and oxygen atoms in total. The van der Waals surface area contributed by atoms with Crippen LogP contribution in [0.3, 0.4) is 0 Å². The van der Waals surface area contributed by atoms with Crippen LogP contribution in [0.25, 0.3) is 0 Å². The lowest BCUT2D eigenvalue weighted by Crippen LogP contribution is -2.71. The van der Waals surface area contributed by atoms with Crippen LogP contribution in [0.2, 0.25) is 0 Å². The van der Waals surface area contributed by atoms with Gasteiger partial charge in [-0.2, -0.15) is 0 Å². The summed E-state index contributed by atoms with van der Waals surface area (Å²) in [5, 5.41) is 113. The van der Waals surface area contributed by atoms with Crippen molar-refractivity contribution >= 4 is 25.6 Å². The molecule has 23 heteroatoms. The molecule has 2 aliphatic rings. The summed E-state index contributed by atoms with van der Waals surface area (Å²) in [5.41, 5.74) is 0. The quantitative estimate of drug-likeness (QED) is 0.0210. The molecule has 1 heterocycles. The second-order valence-corrected chi connectivity index (χ2v) is 23.3. The molecule has 0 radical (unpaired) electrons. The molecule has 1 saturated heterocycles. The zero-order valence-corrected chi connectivity index (χ0v) is 48.6. The van der Waals surface area contributed by atoms with Gasteiger partial charge in [0.05, 0.1) is 37.5 Å². The zero-order chi connectivity index (χ0) is 58.6. The number of phosphoric acid groups is 1. The van der Waals surface area contributed by atoms with E-state index in [1.807, 2.05) is 0 Å². The SMILES string of the molecule is CCCCCCCCCCC/C=C/[C@@H](O)[C@H](COP(=O)(O)O[C@H]1C(O)[C@@H](O)C(O)C(O[C@]2(C(=O)O)C[C@@H](O)[C@@H](NC(=O)CO)C([C@H](O)[C@H](O)COC)O2)[C@H]1O)NC(=O)CCCCCCCCCCCCCCCCCCCCC. The highest BCUT2D eigenvalue weighted by atomic mass is 31.2. The molecule has 5 unspecified atom stereocenters. The Bertz CT molecular complexity index is 1700. The van der Waals surface area contributed by atoms with E-state index in [1.54, 1.807) is 6.08 Å². The number of phosphoric ester groups is 1. The van der Waals surface area contributed by atoms with Gasteiger partial charge in [0.2, 0.25) is 11.8 Å². The average Bonchev–Trinajstić information content (AvgIpc) is 3.53. The first-order chi connectivity index (χ1) is 37.8. The molecule has 0 bridgehead atoms. The Labute approximate surface area is 470 Å². The Morgan fingerprint density at radius 2 is 1.13 bits per heavy atom. The van der Waals surface area contributed by atoms with E-state index < -0.39 is 137 Å². The highest BCUT2D eigenvalue weighted by molar-refractivity contribution is 7.47. The van der Waals surface area contributed by atoms with Crippen molar-refractivity contribution in [1.82, 2.24) is 10.6 Å². The Balaban J connectivity index is 2.08. The van der Waals surface area contributed by atoms with Crippen LogP contribution in [-0.4, -0.2) is 186 Å². The number of amides is 2. The second-order valence-electron chi connectivity index (χ2n) is 21.9. The van der Waals surface area contributed by atoms with E-state index in [9.17, 15) is 74.9 Å². The lowest BCUT2D eigenvalue weighted by molar-refractivity contribution is -0.350. The van der Waals surface area contributed by atoms with Crippen molar-refractivity contribution < 1.29 is 98.2 Å². The van der Waals surface area contributed by atoms with Crippen LogP contribution in [-0.2, 0) is 42.2 Å². The monoisotopic (exact) mass is 1160 g/mol. The topological polar surface area (TPSA) is 361 Å². The Hall–Kier alpha value is -2.22. The summed E-state index contributed by atoms with van der Waals surface area (Å²) in [6, 6.07) is -3.01. The third-order valence-electron chi connectivity index (χ3n) is 15.1. The van der Waals surface area contributed by atoms with Gasteiger partial charge in [0.25, 0.3) is 5.79 Å². The predicted molar refractivity (Wildman–Crippen MR) is 295 cm³/mol. The molecule has 2 amide bonds. The highest BCUT2D eigenvalue weighted by Crippen LogP contribution is 2.48. The summed E-state index contributed by atoms with van der Waals surface area (Å²) in [6.07, 6.45) is 11.8. The normalized spacial score (nSPS) is 26.8. The van der Waals surface area contributed by atoms with Gasteiger partial charge in [0.15, 0.2) is 0 Å². The van der Waals surface area contributed by atoms with E-state index in [4.69, 9.17) is 23.3 Å². The molecule has 0 aromatic carbocycles. The van der Waals surface area contributed by atoms with E-state index >= 15 is 0 Å². The molecule has 1 aliphatic carbocycles. The van der Waals surface area contributed by atoms with E-state index in [0.29, 0.717) is 12.8 Å². The number of aliphatic carboxylic acids is 1. The van der Waals surface area contributed by atoms with Crippen LogP contribution in [0.5, 0.6) is 0 Å². The number of aliphatic hydroxyl groups is 9. The first-order valence-corrected chi connectivity index (χ1v) is 31.3. The number of carboxylic acids is 1. The van der Waals surface area contributed by atoms with E-state index in [-0.39, 0.29) is 6.42 Å². The first kappa shape index (κ1) is 72.9. The molecule has 1 saturated carbocycles. The Morgan fingerprint density at radius 3 is 1.59 bits per heavy atom. The van der Waals surface area contributed by atoms with Gasteiger partial charge < -0.3 is 80.8 Å². The summed E-state index contributed by atoms with van der Waals surface area (Å²) in [7, 11) is -4.33. The molecule has 0 aromatic heterocycles. The number of carbonyl (C=O) groups excluding carboxylic acids is 2. The van der Waals surface area contributed by atoms with Crippen molar-refractivity contribution in [2.24, 2.45) is 0 Å². The van der Waals surface area contributed by atoms with E-state index in [0.717, 1.165) is 58.5 Å². The minimum atomic E-state index is -5.49. The van der Waals surface area contributed by atoms with E-state index in [1.165, 1.54) is 128 Å². The fourth-order valence-corrected chi connectivity index (χ4v) is 11.2. The summed E-state index contributed by atoms with van der Waals surface area (Å²) in [6.45, 7) is 1.91. The van der Waals surface area contributed by atoms with Gasteiger partial charge in [-0.25, -0.2) is 9.36 Å². The third kappa shape index (κ3) is 28.3. The molecule has 79 heavy (non-hydrogen) atoms. The van der Waals surface area contributed by atoms with Gasteiger partial charge >= 0.3 is 13.8 Å². The highest BCUT2D eigenvalue weighted by Gasteiger charge is 2.61. The number of rotatable bonds is 47. The molecule has 464 valence electrons. The van der Waals surface area contributed by atoms with Crippen molar-refractivity contribution in [1.29, 1.82) is 0 Å². The molecule has 1 aliphatic heterocycles. The minimum Gasteiger partial charge on any atom is -0.477 e. The number of hydrogen-bond donors (Lipinski definition) is 13. The maximum atomic E-state index is 13.6. The maximum absolute atomic E-state index is 13.6. The number of unbranched alkanes of at least 4 members (excludes halogenated alkanes) is 27.